The molecule has 0 unspecified atom stereocenters. The van der Waals surface area contributed by atoms with Crippen molar-refractivity contribution in [2.24, 2.45) is 0 Å². The molecule has 1 aromatic heterocycles. The number of nitrogens with zero attached hydrogens (tertiary/aromatic N) is 1. The smallest absolute Gasteiger partial charge is 0.323 e. The molecular weight excluding hydrogens is 466 g/mol. The molecule has 4 rings (SSSR count). The van der Waals surface area contributed by atoms with Crippen LogP contribution >= 0.6 is 0 Å². The Balaban J connectivity index is 1.46. The van der Waals surface area contributed by atoms with Gasteiger partial charge in [0, 0.05) is 23.1 Å². The van der Waals surface area contributed by atoms with Gasteiger partial charge < -0.3 is 20.3 Å². The second-order valence-corrected chi connectivity index (χ2v) is 8.87. The van der Waals surface area contributed by atoms with Crippen LogP contribution in [0.5, 0.6) is 0 Å². The highest BCUT2D eigenvalue weighted by Gasteiger charge is 2.17. The van der Waals surface area contributed by atoms with E-state index in [1.54, 1.807) is 41.1 Å². The third-order valence-corrected chi connectivity index (χ3v) is 6.31. The average molecular weight is 496 g/mol. The van der Waals surface area contributed by atoms with E-state index in [-0.39, 0.29) is 11.6 Å². The molecule has 7 heteroatoms. The van der Waals surface area contributed by atoms with Gasteiger partial charge in [0.1, 0.15) is 0 Å². The van der Waals surface area contributed by atoms with E-state index in [0.717, 1.165) is 27.9 Å². The fraction of sp³-hybridized carbons (Fsp3) is 0.167. The van der Waals surface area contributed by atoms with Gasteiger partial charge in [-0.1, -0.05) is 61.5 Å². The van der Waals surface area contributed by atoms with Crippen molar-refractivity contribution in [2.75, 3.05) is 10.6 Å². The molecule has 1 heterocycles. The Bertz CT molecular complexity index is 1460. The molecule has 0 saturated heterocycles. The van der Waals surface area contributed by atoms with Crippen molar-refractivity contribution in [3.8, 4) is 11.1 Å². The van der Waals surface area contributed by atoms with Crippen LogP contribution in [0.3, 0.4) is 0 Å². The topological polar surface area (TPSA) is 100 Å². The van der Waals surface area contributed by atoms with Gasteiger partial charge >= 0.3 is 12.0 Å². The number of carboxylic acid groups (broad SMARTS) is 1. The number of carbonyl (C=O) groups is 2. The lowest BCUT2D eigenvalue weighted by atomic mass is 9.96. The van der Waals surface area contributed by atoms with Gasteiger partial charge in [-0.2, -0.15) is 0 Å². The van der Waals surface area contributed by atoms with Gasteiger partial charge in [-0.25, -0.2) is 4.79 Å². The first-order chi connectivity index (χ1) is 17.9. The van der Waals surface area contributed by atoms with Crippen molar-refractivity contribution in [3.05, 3.63) is 118 Å². The predicted octanol–water partition coefficient (Wildman–Crippen LogP) is 6.09. The van der Waals surface area contributed by atoms with Crippen LogP contribution in [0.15, 0.2) is 95.9 Å². The fourth-order valence-corrected chi connectivity index (χ4v) is 4.22. The molecule has 3 N–H and O–H groups in total. The molecule has 0 saturated carbocycles. The van der Waals surface area contributed by atoms with E-state index in [4.69, 9.17) is 0 Å². The predicted molar refractivity (Wildman–Crippen MR) is 146 cm³/mol. The summed E-state index contributed by atoms with van der Waals surface area (Å²) >= 11 is 0. The van der Waals surface area contributed by atoms with Gasteiger partial charge in [0.05, 0.1) is 12.5 Å². The van der Waals surface area contributed by atoms with Crippen LogP contribution < -0.4 is 16.2 Å². The van der Waals surface area contributed by atoms with E-state index in [2.05, 4.69) is 10.6 Å². The monoisotopic (exact) mass is 495 g/mol. The Morgan fingerprint density at radius 1 is 0.892 bits per heavy atom. The van der Waals surface area contributed by atoms with Crippen molar-refractivity contribution < 1.29 is 14.7 Å². The summed E-state index contributed by atoms with van der Waals surface area (Å²) in [5.41, 5.74) is 5.12. The number of pyridine rings is 1. The number of anilines is 2. The summed E-state index contributed by atoms with van der Waals surface area (Å²) in [6.45, 7) is 4.14. The Morgan fingerprint density at radius 2 is 1.59 bits per heavy atom. The minimum Gasteiger partial charge on any atom is -0.481 e. The molecule has 4 aromatic rings. The molecule has 3 aromatic carbocycles. The zero-order chi connectivity index (χ0) is 26.4. The zero-order valence-electron chi connectivity index (χ0n) is 20.8. The van der Waals surface area contributed by atoms with Crippen LogP contribution in [-0.4, -0.2) is 21.7 Å². The number of carboxylic acids is 1. The van der Waals surface area contributed by atoms with Gasteiger partial charge in [-0.15, -0.1) is 0 Å². The van der Waals surface area contributed by atoms with Crippen molar-refractivity contribution in [3.63, 3.8) is 0 Å². The van der Waals surface area contributed by atoms with E-state index in [9.17, 15) is 19.5 Å². The molecule has 0 aliphatic heterocycles. The maximum atomic E-state index is 13.2. The van der Waals surface area contributed by atoms with E-state index in [1.807, 2.05) is 68.4 Å². The van der Waals surface area contributed by atoms with Crippen LogP contribution in [0, 0.1) is 6.92 Å². The van der Waals surface area contributed by atoms with Gasteiger partial charge in [0.2, 0.25) is 0 Å². The second-order valence-electron chi connectivity index (χ2n) is 8.87. The lowest BCUT2D eigenvalue weighted by molar-refractivity contribution is -0.138. The minimum atomic E-state index is -0.840. The first kappa shape index (κ1) is 25.4. The molecule has 0 bridgehead atoms. The molecule has 0 aliphatic carbocycles. The van der Waals surface area contributed by atoms with Gasteiger partial charge in [0.15, 0.2) is 0 Å². The summed E-state index contributed by atoms with van der Waals surface area (Å²) in [6, 6.07) is 25.3. The third kappa shape index (κ3) is 6.13. The molecule has 7 nitrogen and oxygen atoms in total. The minimum absolute atomic E-state index is 0.137. The highest BCUT2D eigenvalue weighted by molar-refractivity contribution is 6.00. The Morgan fingerprint density at radius 3 is 2.24 bits per heavy atom. The molecule has 0 aliphatic rings. The maximum absolute atomic E-state index is 13.2. The standard InChI is InChI=1S/C30H29N3O4/c1-3-25(29(35)36)22-12-10-21(11-13-22)19-33-18-6-8-26(28(33)34)23-14-16-24(17-15-23)31-30(37)32-27-9-5-4-7-20(27)2/h4-18,25H,3,19H2,1-2H3,(H,35,36)(H2,31,32,37)/t25-/m0/s1. The summed E-state index contributed by atoms with van der Waals surface area (Å²) in [4.78, 5) is 37.0. The summed E-state index contributed by atoms with van der Waals surface area (Å²) < 4.78 is 1.63. The van der Waals surface area contributed by atoms with E-state index in [1.165, 1.54) is 0 Å². The molecule has 37 heavy (non-hydrogen) atoms. The number of amides is 2. The van der Waals surface area contributed by atoms with Crippen molar-refractivity contribution >= 4 is 23.4 Å². The number of hydrogen-bond acceptors (Lipinski definition) is 3. The van der Waals surface area contributed by atoms with Crippen molar-refractivity contribution in [1.29, 1.82) is 0 Å². The number of nitrogens with one attached hydrogen (secondary N) is 2. The molecule has 0 spiro atoms. The molecular formula is C30H29N3O4. The van der Waals surface area contributed by atoms with Crippen molar-refractivity contribution in [2.45, 2.75) is 32.7 Å². The van der Waals surface area contributed by atoms with E-state index < -0.39 is 11.9 Å². The number of aromatic nitrogens is 1. The molecule has 0 fully saturated rings. The molecule has 188 valence electrons. The quantitative estimate of drug-likeness (QED) is 0.275. The largest absolute Gasteiger partial charge is 0.481 e. The summed E-state index contributed by atoms with van der Waals surface area (Å²) in [6.07, 6.45) is 2.25. The second kappa shape index (κ2) is 11.4. The lowest BCUT2D eigenvalue weighted by Gasteiger charge is -2.12. The number of aliphatic carboxylic acids is 1. The molecule has 0 radical (unpaired) electrons. The first-order valence-electron chi connectivity index (χ1n) is 12.1. The number of rotatable bonds is 8. The average Bonchev–Trinajstić information content (AvgIpc) is 2.88. The van der Waals surface area contributed by atoms with Gasteiger partial charge in [0.25, 0.3) is 5.56 Å². The van der Waals surface area contributed by atoms with E-state index >= 15 is 0 Å². The highest BCUT2D eigenvalue weighted by Crippen LogP contribution is 2.22. The first-order valence-corrected chi connectivity index (χ1v) is 12.1. The number of aryl methyl sites for hydroxylation is 1. The van der Waals surface area contributed by atoms with Gasteiger partial charge in [-0.3, -0.25) is 9.59 Å². The van der Waals surface area contributed by atoms with Crippen LogP contribution in [-0.2, 0) is 11.3 Å². The number of urea groups is 1. The van der Waals surface area contributed by atoms with E-state index in [0.29, 0.717) is 24.2 Å². The van der Waals surface area contributed by atoms with Crippen molar-refractivity contribution in [1.82, 2.24) is 4.57 Å². The van der Waals surface area contributed by atoms with Crippen LogP contribution in [0.1, 0.15) is 36.0 Å². The normalized spacial score (nSPS) is 11.5. The summed E-state index contributed by atoms with van der Waals surface area (Å²) in [7, 11) is 0. The summed E-state index contributed by atoms with van der Waals surface area (Å²) in [5.74, 6) is -1.38. The highest BCUT2D eigenvalue weighted by atomic mass is 16.4. The number of hydrogen-bond donors (Lipinski definition) is 3. The maximum Gasteiger partial charge on any atom is 0.323 e. The van der Waals surface area contributed by atoms with Gasteiger partial charge in [-0.05, 0) is 65.9 Å². The van der Waals surface area contributed by atoms with Crippen LogP contribution in [0.25, 0.3) is 11.1 Å². The summed E-state index contributed by atoms with van der Waals surface area (Å²) in [5, 5.41) is 15.0. The molecule has 1 atom stereocenters. The SMILES string of the molecule is CC[C@H](C(=O)O)c1ccc(Cn2cccc(-c3ccc(NC(=O)Nc4ccccc4C)cc3)c2=O)cc1. The fourth-order valence-electron chi connectivity index (χ4n) is 4.22. The molecule has 2 amide bonds. The number of carbonyl (C=O) groups excluding carboxylic acids is 1. The van der Waals surface area contributed by atoms with Crippen LogP contribution in [0.4, 0.5) is 16.2 Å². The lowest BCUT2D eigenvalue weighted by Crippen LogP contribution is -2.21. The zero-order valence-corrected chi connectivity index (χ0v) is 20.8. The van der Waals surface area contributed by atoms with Crippen LogP contribution in [0.2, 0.25) is 0 Å². The third-order valence-electron chi connectivity index (χ3n) is 6.31. The number of benzene rings is 3. The Labute approximate surface area is 215 Å². The Kier molecular flexibility index (Phi) is 7.83. The Hall–Kier alpha value is -4.65. The number of para-hydroxylation sites is 1.